The maximum Gasteiger partial charge on any atom is 0.407 e. The average Bonchev–Trinajstić information content (AvgIpc) is 3.29. The molecule has 0 bridgehead atoms. The van der Waals surface area contributed by atoms with Crippen molar-refractivity contribution < 1.29 is 28.6 Å². The fourth-order valence-electron chi connectivity index (χ4n) is 6.91. The van der Waals surface area contributed by atoms with Crippen LogP contribution >= 0.6 is 0 Å². The predicted octanol–water partition coefficient (Wildman–Crippen LogP) is 5.12. The molecule has 0 saturated heterocycles. The van der Waals surface area contributed by atoms with Crippen molar-refractivity contribution >= 4 is 42.2 Å². The molecule has 4 heterocycles. The lowest BCUT2D eigenvalue weighted by atomic mass is 9.85. The predicted molar refractivity (Wildman–Crippen MR) is 174 cm³/mol. The largest absolute Gasteiger partial charge is 0.457 e. The van der Waals surface area contributed by atoms with Crippen LogP contribution in [0, 0.1) is 5.92 Å². The maximum absolute atomic E-state index is 14.1. The molecule has 2 aliphatic heterocycles. The molecule has 1 N–H and O–H groups in total. The van der Waals surface area contributed by atoms with E-state index in [9.17, 15) is 19.2 Å². The minimum atomic E-state index is -2.00. The first kappa shape index (κ1) is 32.4. The Hall–Kier alpha value is -3.99. The Morgan fingerprint density at radius 1 is 1.16 bits per heavy atom. The number of benzene rings is 1. The number of ether oxygens (including phenoxy) is 3. The molecule has 1 atom stereocenters. The van der Waals surface area contributed by atoms with Gasteiger partial charge in [-0.25, -0.2) is 14.6 Å². The van der Waals surface area contributed by atoms with Crippen LogP contribution in [0.3, 0.4) is 0 Å². The fraction of sp³-hybridized carbons (Fsp3) is 0.500. The molecule has 11 heteroatoms. The second-order valence-electron chi connectivity index (χ2n) is 14.0. The summed E-state index contributed by atoms with van der Waals surface area (Å²) in [5.74, 6) is -0.937. The molecule has 1 aromatic carbocycles. The number of hydrogen-bond acceptors (Lipinski definition) is 8. The lowest BCUT2D eigenvalue weighted by molar-refractivity contribution is -0.189. The molecular formula is C34H43N3O7Si. The number of fused-ring (bicyclic) bond motifs is 5. The SMILES string of the molecule is CCC1(OC(=O)CCNC(=O)OC(C)(C)C)C(=O)OCc2c1cc1n(c2=O)Cc2c-1nc1ccccc1c2[Si](C)(C)CC(C)C. The molecule has 1 unspecified atom stereocenters. The van der Waals surface area contributed by atoms with E-state index in [1.807, 2.05) is 18.2 Å². The summed E-state index contributed by atoms with van der Waals surface area (Å²) in [6.45, 7) is 16.3. The van der Waals surface area contributed by atoms with Crippen molar-refractivity contribution in [2.75, 3.05) is 6.54 Å². The van der Waals surface area contributed by atoms with Crippen LogP contribution in [0.1, 0.15) is 71.1 Å². The van der Waals surface area contributed by atoms with E-state index >= 15 is 0 Å². The molecule has 3 aromatic rings. The van der Waals surface area contributed by atoms with Crippen LogP contribution in [0.25, 0.3) is 22.3 Å². The van der Waals surface area contributed by atoms with Crippen LogP contribution in [0.5, 0.6) is 0 Å². The number of pyridine rings is 2. The highest BCUT2D eigenvalue weighted by molar-refractivity contribution is 6.92. The van der Waals surface area contributed by atoms with Gasteiger partial charge >= 0.3 is 18.0 Å². The summed E-state index contributed by atoms with van der Waals surface area (Å²) in [6.07, 6.45) is -0.808. The lowest BCUT2D eigenvalue weighted by Gasteiger charge is -2.35. The molecule has 5 rings (SSSR count). The Kier molecular flexibility index (Phi) is 8.45. The fourth-order valence-corrected chi connectivity index (χ4v) is 11.1. The van der Waals surface area contributed by atoms with Crippen molar-refractivity contribution in [1.29, 1.82) is 0 Å². The van der Waals surface area contributed by atoms with E-state index < -0.39 is 37.3 Å². The third-order valence-electron chi connectivity index (χ3n) is 8.44. The second-order valence-corrected chi connectivity index (χ2v) is 18.7. The minimum absolute atomic E-state index is 0.0501. The van der Waals surface area contributed by atoms with Gasteiger partial charge in [0.05, 0.1) is 43.5 Å². The second kappa shape index (κ2) is 11.7. The van der Waals surface area contributed by atoms with Crippen LogP contribution in [-0.4, -0.2) is 47.8 Å². The number of aromatic nitrogens is 2. The first-order valence-electron chi connectivity index (χ1n) is 15.6. The summed E-state index contributed by atoms with van der Waals surface area (Å²) >= 11 is 0. The zero-order valence-corrected chi connectivity index (χ0v) is 28.5. The van der Waals surface area contributed by atoms with Gasteiger partial charge in [0, 0.05) is 12.1 Å². The van der Waals surface area contributed by atoms with Crippen LogP contribution in [0.4, 0.5) is 4.79 Å². The molecule has 0 aliphatic carbocycles. The zero-order valence-electron chi connectivity index (χ0n) is 27.5. The number of rotatable bonds is 8. The number of alkyl carbamates (subject to hydrolysis) is 1. The van der Waals surface area contributed by atoms with E-state index in [1.54, 1.807) is 38.3 Å². The van der Waals surface area contributed by atoms with Crippen molar-refractivity contribution in [2.24, 2.45) is 5.92 Å². The summed E-state index contributed by atoms with van der Waals surface area (Å²) < 4.78 is 18.3. The molecule has 240 valence electrons. The van der Waals surface area contributed by atoms with Gasteiger partial charge in [-0.05, 0) is 61.4 Å². The van der Waals surface area contributed by atoms with Gasteiger partial charge in [0.1, 0.15) is 12.2 Å². The summed E-state index contributed by atoms with van der Waals surface area (Å²) in [6, 6.07) is 11.0. The zero-order chi connectivity index (χ0) is 32.9. The Morgan fingerprint density at radius 2 is 1.87 bits per heavy atom. The molecule has 0 radical (unpaired) electrons. The standard InChI is InChI=1S/C34H43N3O7Si/c1-9-34(43-27(38)14-15-35-32(41)44-33(4,5)6)24-16-26-28-22(17-37(26)30(39)23(24)18-42-31(34)40)29(45(7,8)19-20(2)3)21-12-10-11-13-25(21)36-28/h10-13,16,20H,9,14-15,17-19H2,1-8H3,(H,35,41). The molecule has 2 aromatic heterocycles. The van der Waals surface area contributed by atoms with Gasteiger partial charge in [-0.2, -0.15) is 0 Å². The topological polar surface area (TPSA) is 126 Å². The summed E-state index contributed by atoms with van der Waals surface area (Å²) in [5, 5.41) is 4.95. The van der Waals surface area contributed by atoms with Crippen molar-refractivity contribution in [2.45, 2.75) is 97.9 Å². The highest BCUT2D eigenvalue weighted by atomic mass is 28.3. The quantitative estimate of drug-likeness (QED) is 0.161. The number of cyclic esters (lactones) is 1. The van der Waals surface area contributed by atoms with Gasteiger partial charge in [0.2, 0.25) is 5.60 Å². The number of carbonyl (C=O) groups is 3. The molecule has 45 heavy (non-hydrogen) atoms. The highest BCUT2D eigenvalue weighted by Crippen LogP contribution is 2.41. The molecular weight excluding hydrogens is 590 g/mol. The number of nitrogens with one attached hydrogen (secondary N) is 1. The molecule has 2 aliphatic rings. The minimum Gasteiger partial charge on any atom is -0.457 e. The van der Waals surface area contributed by atoms with E-state index in [0.29, 0.717) is 23.7 Å². The molecule has 1 amide bonds. The third-order valence-corrected chi connectivity index (χ3v) is 12.2. The maximum atomic E-state index is 14.1. The number of amides is 1. The van der Waals surface area contributed by atoms with E-state index in [-0.39, 0.29) is 37.1 Å². The van der Waals surface area contributed by atoms with Crippen LogP contribution in [0.2, 0.25) is 19.1 Å². The molecule has 0 saturated carbocycles. The van der Waals surface area contributed by atoms with E-state index in [1.165, 1.54) is 5.19 Å². The van der Waals surface area contributed by atoms with Crippen molar-refractivity contribution in [3.8, 4) is 11.4 Å². The summed E-state index contributed by atoms with van der Waals surface area (Å²) in [4.78, 5) is 57.7. The Balaban J connectivity index is 1.57. The van der Waals surface area contributed by atoms with Crippen LogP contribution < -0.4 is 16.1 Å². The van der Waals surface area contributed by atoms with Crippen LogP contribution in [-0.2, 0) is 42.6 Å². The van der Waals surface area contributed by atoms with Gasteiger partial charge < -0.3 is 24.1 Å². The molecule has 0 spiro atoms. The Bertz CT molecular complexity index is 1760. The van der Waals surface area contributed by atoms with Crippen LogP contribution in [0.15, 0.2) is 35.1 Å². The van der Waals surface area contributed by atoms with E-state index in [2.05, 4.69) is 38.3 Å². The monoisotopic (exact) mass is 633 g/mol. The normalized spacial score (nSPS) is 17.4. The van der Waals surface area contributed by atoms with Gasteiger partial charge in [-0.1, -0.05) is 58.1 Å². The first-order valence-corrected chi connectivity index (χ1v) is 18.8. The number of para-hydroxylation sites is 1. The highest BCUT2D eigenvalue weighted by Gasteiger charge is 2.50. The van der Waals surface area contributed by atoms with E-state index in [4.69, 9.17) is 19.2 Å². The number of nitrogens with zero attached hydrogens (tertiary/aromatic N) is 2. The lowest BCUT2D eigenvalue weighted by Crippen LogP contribution is -2.48. The van der Waals surface area contributed by atoms with Crippen molar-refractivity contribution in [3.05, 3.63) is 57.4 Å². The van der Waals surface area contributed by atoms with Gasteiger partial charge in [0.15, 0.2) is 0 Å². The van der Waals surface area contributed by atoms with Gasteiger partial charge in [0.25, 0.3) is 5.56 Å². The number of esters is 2. The van der Waals surface area contributed by atoms with Crippen molar-refractivity contribution in [3.63, 3.8) is 0 Å². The third kappa shape index (κ3) is 6.02. The van der Waals surface area contributed by atoms with Gasteiger partial charge in [-0.15, -0.1) is 0 Å². The average molecular weight is 634 g/mol. The first-order chi connectivity index (χ1) is 21.1. The molecule has 10 nitrogen and oxygen atoms in total. The van der Waals surface area contributed by atoms with Crippen molar-refractivity contribution in [1.82, 2.24) is 14.9 Å². The smallest absolute Gasteiger partial charge is 0.407 e. The van der Waals surface area contributed by atoms with E-state index in [0.717, 1.165) is 28.2 Å². The Morgan fingerprint density at radius 3 is 2.53 bits per heavy atom. The summed E-state index contributed by atoms with van der Waals surface area (Å²) in [5.41, 5.74) is 1.07. The Labute approximate surface area is 264 Å². The number of carbonyl (C=O) groups excluding carboxylic acids is 3. The number of hydrogen-bond donors (Lipinski definition) is 1. The molecule has 0 fully saturated rings. The summed E-state index contributed by atoms with van der Waals surface area (Å²) in [7, 11) is -2.00. The van der Waals surface area contributed by atoms with Gasteiger partial charge in [-0.3, -0.25) is 9.59 Å².